The molecule has 0 saturated heterocycles. The van der Waals surface area contributed by atoms with E-state index < -0.39 is 10.0 Å². The van der Waals surface area contributed by atoms with E-state index in [0.29, 0.717) is 13.0 Å². The van der Waals surface area contributed by atoms with Crippen LogP contribution in [0, 0.1) is 0 Å². The molecule has 0 N–H and O–H groups in total. The van der Waals surface area contributed by atoms with E-state index in [1.54, 1.807) is 0 Å². The standard InChI is InChI=1S/C7H16NO2S/c1-3-5-6-8-11(9,10)7-4-2/h3-7H2,1-2H3. The van der Waals surface area contributed by atoms with E-state index in [2.05, 4.69) is 4.72 Å². The Morgan fingerprint density at radius 3 is 2.27 bits per heavy atom. The fourth-order valence-electron chi connectivity index (χ4n) is 0.684. The van der Waals surface area contributed by atoms with Crippen molar-refractivity contribution in [1.29, 1.82) is 0 Å². The molecule has 1 radical (unpaired) electrons. The fraction of sp³-hybridized carbons (Fsp3) is 1.00. The zero-order chi connectivity index (χ0) is 8.74. The minimum atomic E-state index is -3.08. The molecule has 11 heavy (non-hydrogen) atoms. The van der Waals surface area contributed by atoms with Crippen LogP contribution in [0.5, 0.6) is 0 Å². The molecule has 0 unspecified atom stereocenters. The highest BCUT2D eigenvalue weighted by molar-refractivity contribution is 7.89. The first-order chi connectivity index (χ1) is 5.12. The van der Waals surface area contributed by atoms with Crippen molar-refractivity contribution >= 4 is 10.0 Å². The van der Waals surface area contributed by atoms with Crippen LogP contribution in [0.25, 0.3) is 0 Å². The van der Waals surface area contributed by atoms with Crippen LogP contribution in [0.1, 0.15) is 33.1 Å². The molecule has 0 aromatic heterocycles. The third kappa shape index (κ3) is 6.31. The van der Waals surface area contributed by atoms with Gasteiger partial charge in [0.1, 0.15) is 0 Å². The Labute approximate surface area is 69.2 Å². The van der Waals surface area contributed by atoms with Crippen molar-refractivity contribution in [3.8, 4) is 0 Å². The first-order valence-corrected chi connectivity index (χ1v) is 5.64. The van der Waals surface area contributed by atoms with Crippen molar-refractivity contribution in [3.63, 3.8) is 0 Å². The van der Waals surface area contributed by atoms with Gasteiger partial charge in [-0.05, 0) is 12.8 Å². The number of rotatable bonds is 6. The lowest BCUT2D eigenvalue weighted by Crippen LogP contribution is -2.20. The summed E-state index contributed by atoms with van der Waals surface area (Å²) in [5.41, 5.74) is 0. The second-order valence-corrected chi connectivity index (χ2v) is 4.32. The summed E-state index contributed by atoms with van der Waals surface area (Å²) >= 11 is 0. The lowest BCUT2D eigenvalue weighted by molar-refractivity contribution is 0.575. The first kappa shape index (κ1) is 10.9. The average Bonchev–Trinajstić information content (AvgIpc) is 1.87. The van der Waals surface area contributed by atoms with Crippen LogP contribution in [-0.4, -0.2) is 20.7 Å². The molecule has 0 aromatic rings. The fourth-order valence-corrected chi connectivity index (χ4v) is 1.74. The van der Waals surface area contributed by atoms with E-state index >= 15 is 0 Å². The van der Waals surface area contributed by atoms with Gasteiger partial charge in [0, 0.05) is 6.54 Å². The topological polar surface area (TPSA) is 48.2 Å². The Kier molecular flexibility index (Phi) is 5.50. The molecule has 0 rings (SSSR count). The van der Waals surface area contributed by atoms with Crippen LogP contribution < -0.4 is 4.72 Å². The first-order valence-electron chi connectivity index (χ1n) is 4.04. The number of nitrogens with zero attached hydrogens (tertiary/aromatic N) is 1. The van der Waals surface area contributed by atoms with E-state index in [-0.39, 0.29) is 5.75 Å². The highest BCUT2D eigenvalue weighted by Gasteiger charge is 2.07. The molecule has 0 bridgehead atoms. The molecule has 0 aliphatic rings. The third-order valence-electron chi connectivity index (χ3n) is 1.26. The van der Waals surface area contributed by atoms with Crippen LogP contribution in [0.2, 0.25) is 0 Å². The summed E-state index contributed by atoms with van der Waals surface area (Å²) in [4.78, 5) is 0. The molecule has 67 valence electrons. The molecular formula is C7H16NO2S. The summed E-state index contributed by atoms with van der Waals surface area (Å²) < 4.78 is 25.5. The SMILES string of the molecule is CCCC[N]S(=O)(=O)CCC. The quantitative estimate of drug-likeness (QED) is 0.572. The lowest BCUT2D eigenvalue weighted by atomic mass is 10.3. The highest BCUT2D eigenvalue weighted by Crippen LogP contribution is 1.92. The van der Waals surface area contributed by atoms with E-state index in [1.807, 2.05) is 13.8 Å². The minimum absolute atomic E-state index is 0.191. The minimum Gasteiger partial charge on any atom is -0.211 e. The Hall–Kier alpha value is -0.0900. The lowest BCUT2D eigenvalue weighted by Gasteiger charge is -2.00. The van der Waals surface area contributed by atoms with Gasteiger partial charge in [0.05, 0.1) is 5.75 Å². The Balaban J connectivity index is 3.56. The molecule has 0 saturated carbocycles. The smallest absolute Gasteiger partial charge is 0.211 e. The molecule has 0 aliphatic carbocycles. The van der Waals surface area contributed by atoms with Crippen LogP contribution in [0.15, 0.2) is 0 Å². The van der Waals surface area contributed by atoms with Gasteiger partial charge in [-0.3, -0.25) is 0 Å². The van der Waals surface area contributed by atoms with Crippen LogP contribution in [-0.2, 0) is 10.0 Å². The van der Waals surface area contributed by atoms with Crippen LogP contribution >= 0.6 is 0 Å². The van der Waals surface area contributed by atoms with Gasteiger partial charge in [-0.2, -0.15) is 0 Å². The normalized spacial score (nSPS) is 11.8. The summed E-state index contributed by atoms with van der Waals surface area (Å²) in [5, 5.41) is 0. The zero-order valence-electron chi connectivity index (χ0n) is 7.21. The summed E-state index contributed by atoms with van der Waals surface area (Å²) in [6.07, 6.45) is 2.51. The van der Waals surface area contributed by atoms with Crippen LogP contribution in [0.3, 0.4) is 0 Å². The number of hydrogen-bond acceptors (Lipinski definition) is 2. The molecule has 0 spiro atoms. The summed E-state index contributed by atoms with van der Waals surface area (Å²) in [6, 6.07) is 0. The van der Waals surface area contributed by atoms with Crippen molar-refractivity contribution in [1.82, 2.24) is 4.72 Å². The maximum absolute atomic E-state index is 10.9. The Morgan fingerprint density at radius 2 is 1.82 bits per heavy atom. The van der Waals surface area contributed by atoms with E-state index in [1.165, 1.54) is 0 Å². The van der Waals surface area contributed by atoms with Gasteiger partial charge in [0.2, 0.25) is 10.0 Å². The zero-order valence-corrected chi connectivity index (χ0v) is 8.02. The van der Waals surface area contributed by atoms with E-state index in [4.69, 9.17) is 0 Å². The van der Waals surface area contributed by atoms with Gasteiger partial charge in [0.25, 0.3) is 0 Å². The summed E-state index contributed by atoms with van der Waals surface area (Å²) in [5.74, 6) is 0.191. The maximum atomic E-state index is 10.9. The molecule has 0 aromatic carbocycles. The van der Waals surface area contributed by atoms with Gasteiger partial charge < -0.3 is 0 Å². The highest BCUT2D eigenvalue weighted by atomic mass is 32.2. The van der Waals surface area contributed by atoms with Crippen molar-refractivity contribution < 1.29 is 8.42 Å². The predicted octanol–water partition coefficient (Wildman–Crippen LogP) is 1.13. The summed E-state index contributed by atoms with van der Waals surface area (Å²) in [7, 11) is -3.08. The van der Waals surface area contributed by atoms with Crippen LogP contribution in [0.4, 0.5) is 0 Å². The van der Waals surface area contributed by atoms with Gasteiger partial charge in [-0.25, -0.2) is 8.42 Å². The second-order valence-electron chi connectivity index (χ2n) is 2.49. The number of hydrogen-bond donors (Lipinski definition) is 0. The van der Waals surface area contributed by atoms with Gasteiger partial charge in [0.15, 0.2) is 0 Å². The largest absolute Gasteiger partial charge is 0.227 e. The van der Waals surface area contributed by atoms with Gasteiger partial charge in [-0.1, -0.05) is 20.3 Å². The van der Waals surface area contributed by atoms with Crippen molar-refractivity contribution in [2.75, 3.05) is 12.3 Å². The van der Waals surface area contributed by atoms with E-state index in [9.17, 15) is 8.42 Å². The Morgan fingerprint density at radius 1 is 1.18 bits per heavy atom. The Bertz CT molecular complexity index is 175. The van der Waals surface area contributed by atoms with Crippen molar-refractivity contribution in [2.45, 2.75) is 33.1 Å². The average molecular weight is 178 g/mol. The van der Waals surface area contributed by atoms with E-state index in [0.717, 1.165) is 12.8 Å². The molecule has 3 nitrogen and oxygen atoms in total. The number of unbranched alkanes of at least 4 members (excludes halogenated alkanes) is 1. The van der Waals surface area contributed by atoms with Crippen molar-refractivity contribution in [3.05, 3.63) is 0 Å². The molecule has 0 amide bonds. The third-order valence-corrected chi connectivity index (χ3v) is 2.76. The maximum Gasteiger partial charge on any atom is 0.227 e. The van der Waals surface area contributed by atoms with Crippen molar-refractivity contribution in [2.24, 2.45) is 0 Å². The molecular weight excluding hydrogens is 162 g/mol. The molecule has 0 fully saturated rings. The molecule has 0 atom stereocenters. The molecule has 0 aliphatic heterocycles. The predicted molar refractivity (Wildman–Crippen MR) is 46.0 cm³/mol. The second kappa shape index (κ2) is 5.55. The number of sulfonamides is 1. The molecule has 0 heterocycles. The monoisotopic (exact) mass is 178 g/mol. The summed E-state index contributed by atoms with van der Waals surface area (Å²) in [6.45, 7) is 4.31. The van der Waals surface area contributed by atoms with Gasteiger partial charge >= 0.3 is 0 Å². The van der Waals surface area contributed by atoms with Gasteiger partial charge in [-0.15, -0.1) is 4.72 Å². The molecule has 4 heteroatoms.